The van der Waals surface area contributed by atoms with Crippen molar-refractivity contribution in [3.05, 3.63) is 41.5 Å². The molecule has 1 aromatic rings. The Bertz CT molecular complexity index is 750. The van der Waals surface area contributed by atoms with E-state index in [0.29, 0.717) is 5.92 Å². The van der Waals surface area contributed by atoms with E-state index >= 15 is 0 Å². The molecule has 3 fully saturated rings. The van der Waals surface area contributed by atoms with Crippen LogP contribution in [0.25, 0.3) is 0 Å². The molecule has 0 bridgehead atoms. The van der Waals surface area contributed by atoms with Gasteiger partial charge in [-0.2, -0.15) is 0 Å². The van der Waals surface area contributed by atoms with Crippen LogP contribution in [0.15, 0.2) is 35.9 Å². The number of hydrogen-bond donors (Lipinski definition) is 1. The van der Waals surface area contributed by atoms with Gasteiger partial charge in [-0.05, 0) is 104 Å². The van der Waals surface area contributed by atoms with Crippen LogP contribution in [-0.2, 0) is 0 Å². The molecule has 7 atom stereocenters. The number of allylic oxidation sites excluding steroid dienone is 2. The van der Waals surface area contributed by atoms with Gasteiger partial charge < -0.3 is 10.0 Å². The van der Waals surface area contributed by atoms with Gasteiger partial charge in [-0.15, -0.1) is 0 Å². The Hall–Kier alpha value is -1.28. The van der Waals surface area contributed by atoms with Gasteiger partial charge in [0.1, 0.15) is 0 Å². The van der Waals surface area contributed by atoms with Crippen molar-refractivity contribution in [1.29, 1.82) is 0 Å². The van der Waals surface area contributed by atoms with Crippen molar-refractivity contribution in [3.8, 4) is 0 Å². The van der Waals surface area contributed by atoms with Crippen molar-refractivity contribution in [3.63, 3.8) is 0 Å². The first-order chi connectivity index (χ1) is 13.5. The second-order valence-corrected chi connectivity index (χ2v) is 10.6. The second kappa shape index (κ2) is 6.90. The van der Waals surface area contributed by atoms with Gasteiger partial charge in [0.25, 0.3) is 0 Å². The maximum atomic E-state index is 11.0. The van der Waals surface area contributed by atoms with Crippen molar-refractivity contribution >= 4 is 5.69 Å². The van der Waals surface area contributed by atoms with Crippen LogP contribution in [-0.4, -0.2) is 25.3 Å². The standard InChI is InChI=1S/C26H37NO/c1-26-16-22(18-8-11-19(12-9-18)27(2)3)25-20-7-5-4-6-17(20)10-13-21(25)23(26)14-15-24(26)28/h6,8-9,11-12,20-25,28H,4-5,7,10,13-16H2,1-3H3/t20-,21-,22+,23-,24-,25+,26-/m0/s1. The van der Waals surface area contributed by atoms with Gasteiger partial charge in [-0.1, -0.05) is 30.7 Å². The summed E-state index contributed by atoms with van der Waals surface area (Å²) >= 11 is 0. The lowest BCUT2D eigenvalue weighted by atomic mass is 9.48. The van der Waals surface area contributed by atoms with E-state index < -0.39 is 0 Å². The molecule has 4 aliphatic rings. The minimum absolute atomic E-state index is 0.106. The van der Waals surface area contributed by atoms with Gasteiger partial charge in [0.15, 0.2) is 0 Å². The zero-order chi connectivity index (χ0) is 19.5. The van der Waals surface area contributed by atoms with E-state index in [4.69, 9.17) is 0 Å². The van der Waals surface area contributed by atoms with Crippen LogP contribution in [0.1, 0.15) is 69.8 Å². The highest BCUT2D eigenvalue weighted by molar-refractivity contribution is 5.47. The van der Waals surface area contributed by atoms with Gasteiger partial charge in [0.05, 0.1) is 6.10 Å². The summed E-state index contributed by atoms with van der Waals surface area (Å²) in [7, 11) is 4.23. The number of anilines is 1. The molecule has 0 heterocycles. The van der Waals surface area contributed by atoms with Crippen molar-refractivity contribution < 1.29 is 5.11 Å². The Morgan fingerprint density at radius 2 is 1.79 bits per heavy atom. The average Bonchev–Trinajstić information content (AvgIpc) is 3.01. The summed E-state index contributed by atoms with van der Waals surface area (Å²) < 4.78 is 0. The van der Waals surface area contributed by atoms with E-state index in [9.17, 15) is 5.11 Å². The van der Waals surface area contributed by atoms with Crippen LogP contribution < -0.4 is 4.90 Å². The summed E-state index contributed by atoms with van der Waals surface area (Å²) in [4.78, 5) is 2.19. The number of aliphatic hydroxyl groups is 1. The fourth-order valence-electron chi connectivity index (χ4n) is 7.77. The Balaban J connectivity index is 1.56. The zero-order valence-corrected chi connectivity index (χ0v) is 17.9. The third kappa shape index (κ3) is 2.78. The summed E-state index contributed by atoms with van der Waals surface area (Å²) in [5.74, 6) is 3.71. The smallest absolute Gasteiger partial charge is 0.0596 e. The molecule has 4 aliphatic carbocycles. The van der Waals surface area contributed by atoms with Gasteiger partial charge >= 0.3 is 0 Å². The molecule has 0 amide bonds. The highest BCUT2D eigenvalue weighted by atomic mass is 16.3. The Morgan fingerprint density at radius 3 is 2.54 bits per heavy atom. The zero-order valence-electron chi connectivity index (χ0n) is 17.9. The lowest BCUT2D eigenvalue weighted by Gasteiger charge is -2.57. The topological polar surface area (TPSA) is 23.5 Å². The molecule has 0 radical (unpaired) electrons. The minimum Gasteiger partial charge on any atom is -0.393 e. The molecule has 0 saturated heterocycles. The molecule has 0 aliphatic heterocycles. The monoisotopic (exact) mass is 379 g/mol. The summed E-state index contributed by atoms with van der Waals surface area (Å²) in [5.41, 5.74) is 4.70. The normalized spacial score (nSPS) is 42.2. The number of hydrogen-bond acceptors (Lipinski definition) is 2. The molecule has 2 nitrogen and oxygen atoms in total. The molecule has 0 unspecified atom stereocenters. The van der Waals surface area contributed by atoms with E-state index in [-0.39, 0.29) is 11.5 Å². The highest BCUT2D eigenvalue weighted by Crippen LogP contribution is 2.65. The van der Waals surface area contributed by atoms with E-state index in [1.165, 1.54) is 56.2 Å². The van der Waals surface area contributed by atoms with Crippen molar-refractivity contribution in [2.75, 3.05) is 19.0 Å². The van der Waals surface area contributed by atoms with Gasteiger partial charge in [0, 0.05) is 19.8 Å². The van der Waals surface area contributed by atoms with Crippen molar-refractivity contribution in [2.45, 2.75) is 70.3 Å². The van der Waals surface area contributed by atoms with Crippen molar-refractivity contribution in [1.82, 2.24) is 0 Å². The summed E-state index contributed by atoms with van der Waals surface area (Å²) in [6, 6.07) is 9.38. The van der Waals surface area contributed by atoms with E-state index in [0.717, 1.165) is 30.1 Å². The van der Waals surface area contributed by atoms with Crippen LogP contribution in [0.2, 0.25) is 0 Å². The van der Waals surface area contributed by atoms with Crippen LogP contribution in [0.3, 0.4) is 0 Å². The molecule has 0 aromatic heterocycles. The molecular weight excluding hydrogens is 342 g/mol. The number of fused-ring (bicyclic) bond motifs is 5. The van der Waals surface area contributed by atoms with Gasteiger partial charge in [-0.3, -0.25) is 0 Å². The number of benzene rings is 1. The number of aliphatic hydroxyl groups excluding tert-OH is 1. The lowest BCUT2D eigenvalue weighted by Crippen LogP contribution is -2.50. The summed E-state index contributed by atoms with van der Waals surface area (Å²) in [6.45, 7) is 2.42. The molecule has 5 rings (SSSR count). The van der Waals surface area contributed by atoms with Crippen LogP contribution in [0.5, 0.6) is 0 Å². The molecule has 1 aromatic carbocycles. The molecule has 3 saturated carbocycles. The Kier molecular flexibility index (Phi) is 4.62. The predicted molar refractivity (Wildman–Crippen MR) is 117 cm³/mol. The molecule has 28 heavy (non-hydrogen) atoms. The molecule has 0 spiro atoms. The van der Waals surface area contributed by atoms with Gasteiger partial charge in [0.2, 0.25) is 0 Å². The maximum absolute atomic E-state index is 11.0. The third-order valence-electron chi connectivity index (χ3n) is 9.17. The van der Waals surface area contributed by atoms with Gasteiger partial charge in [-0.25, -0.2) is 0 Å². The fraction of sp³-hybridized carbons (Fsp3) is 0.692. The quantitative estimate of drug-likeness (QED) is 0.659. The lowest BCUT2D eigenvalue weighted by molar-refractivity contribution is -0.0659. The number of nitrogens with zero attached hydrogens (tertiary/aromatic N) is 1. The number of rotatable bonds is 2. The second-order valence-electron chi connectivity index (χ2n) is 10.6. The Labute approximate surface area is 171 Å². The predicted octanol–water partition coefficient (Wildman–Crippen LogP) is 5.77. The highest BCUT2D eigenvalue weighted by Gasteiger charge is 2.59. The Morgan fingerprint density at radius 1 is 1.00 bits per heavy atom. The largest absolute Gasteiger partial charge is 0.393 e. The van der Waals surface area contributed by atoms with E-state index in [2.05, 4.69) is 56.3 Å². The molecular formula is C26H37NO. The third-order valence-corrected chi connectivity index (χ3v) is 9.17. The van der Waals surface area contributed by atoms with E-state index in [1.807, 2.05) is 0 Å². The average molecular weight is 380 g/mol. The first-order valence-electron chi connectivity index (χ1n) is 11.6. The SMILES string of the molecule is CN(C)c1ccc([C@H]2C[C@]3(C)[C@@H](O)CC[C@H]3[C@@H]3CCC4=CCCC[C@@H]4[C@H]32)cc1. The summed E-state index contributed by atoms with van der Waals surface area (Å²) in [5, 5.41) is 11.0. The molecule has 152 valence electrons. The van der Waals surface area contributed by atoms with E-state index in [1.54, 1.807) is 5.57 Å². The maximum Gasteiger partial charge on any atom is 0.0596 e. The molecule has 1 N–H and O–H groups in total. The summed E-state index contributed by atoms with van der Waals surface area (Å²) in [6.07, 6.45) is 12.7. The fourth-order valence-corrected chi connectivity index (χ4v) is 7.77. The molecule has 2 heteroatoms. The first-order valence-corrected chi connectivity index (χ1v) is 11.6. The van der Waals surface area contributed by atoms with Crippen LogP contribution in [0.4, 0.5) is 5.69 Å². The first kappa shape index (κ1) is 18.7. The van der Waals surface area contributed by atoms with Crippen LogP contribution >= 0.6 is 0 Å². The van der Waals surface area contributed by atoms with Crippen LogP contribution in [0, 0.1) is 29.1 Å². The minimum atomic E-state index is -0.106. The van der Waals surface area contributed by atoms with Crippen molar-refractivity contribution in [2.24, 2.45) is 29.1 Å².